The van der Waals surface area contributed by atoms with Gasteiger partial charge in [-0.2, -0.15) is 0 Å². The standard InChI is InChI=1S/C10H10N2O4/c13-8-4-2-1-3-7(8)9(14)11-12-5-6-16-10(12)15/h1-4,13H,5-6H2,(H,11,14). The monoisotopic (exact) mass is 222 g/mol. The van der Waals surface area contributed by atoms with Crippen LogP contribution in [-0.2, 0) is 4.74 Å². The molecule has 6 nitrogen and oxygen atoms in total. The zero-order valence-corrected chi connectivity index (χ0v) is 8.34. The molecule has 0 aromatic heterocycles. The normalized spacial score (nSPS) is 14.8. The van der Waals surface area contributed by atoms with Crippen LogP contribution in [0, 0.1) is 0 Å². The second kappa shape index (κ2) is 4.09. The fourth-order valence-corrected chi connectivity index (χ4v) is 1.34. The zero-order valence-electron chi connectivity index (χ0n) is 8.34. The van der Waals surface area contributed by atoms with Crippen LogP contribution in [0.1, 0.15) is 10.4 Å². The summed E-state index contributed by atoms with van der Waals surface area (Å²) >= 11 is 0. The molecule has 16 heavy (non-hydrogen) atoms. The lowest BCUT2D eigenvalue weighted by Gasteiger charge is -2.14. The van der Waals surface area contributed by atoms with Crippen molar-refractivity contribution in [2.24, 2.45) is 0 Å². The van der Waals surface area contributed by atoms with Crippen molar-refractivity contribution in [3.8, 4) is 5.75 Å². The maximum atomic E-state index is 11.6. The Hall–Kier alpha value is -2.24. The fraction of sp³-hybridized carbons (Fsp3) is 0.200. The van der Waals surface area contributed by atoms with E-state index in [9.17, 15) is 14.7 Å². The molecule has 1 aromatic carbocycles. The van der Waals surface area contributed by atoms with Crippen LogP contribution in [0.5, 0.6) is 5.75 Å². The zero-order chi connectivity index (χ0) is 11.5. The van der Waals surface area contributed by atoms with Crippen molar-refractivity contribution in [3.05, 3.63) is 29.8 Å². The molecule has 0 bridgehead atoms. The molecule has 6 heteroatoms. The first kappa shape index (κ1) is 10.3. The van der Waals surface area contributed by atoms with Crippen LogP contribution in [-0.4, -0.2) is 35.3 Å². The minimum absolute atomic E-state index is 0.113. The van der Waals surface area contributed by atoms with Crippen LogP contribution in [0.3, 0.4) is 0 Å². The molecule has 0 unspecified atom stereocenters. The van der Waals surface area contributed by atoms with Crippen molar-refractivity contribution in [1.82, 2.24) is 10.4 Å². The molecule has 0 radical (unpaired) electrons. The number of nitrogens with zero attached hydrogens (tertiary/aromatic N) is 1. The van der Waals surface area contributed by atoms with Gasteiger partial charge in [0.1, 0.15) is 12.4 Å². The predicted octanol–water partition coefficient (Wildman–Crippen LogP) is 0.489. The number of hydrazine groups is 1. The number of phenols is 1. The van der Waals surface area contributed by atoms with Crippen molar-refractivity contribution < 1.29 is 19.4 Å². The van der Waals surface area contributed by atoms with E-state index in [1.807, 2.05) is 0 Å². The first-order valence-corrected chi connectivity index (χ1v) is 4.72. The van der Waals surface area contributed by atoms with Crippen molar-refractivity contribution in [1.29, 1.82) is 0 Å². The molecule has 1 saturated heterocycles. The third-order valence-corrected chi connectivity index (χ3v) is 2.15. The average molecular weight is 222 g/mol. The van der Waals surface area contributed by atoms with Crippen LogP contribution in [0.4, 0.5) is 4.79 Å². The number of rotatable bonds is 2. The third-order valence-electron chi connectivity index (χ3n) is 2.15. The number of carbonyl (C=O) groups excluding carboxylic acids is 2. The van der Waals surface area contributed by atoms with E-state index >= 15 is 0 Å². The summed E-state index contributed by atoms with van der Waals surface area (Å²) in [6.07, 6.45) is -0.594. The lowest BCUT2D eigenvalue weighted by molar-refractivity contribution is 0.0829. The van der Waals surface area contributed by atoms with Gasteiger partial charge in [0, 0.05) is 0 Å². The van der Waals surface area contributed by atoms with E-state index in [1.165, 1.54) is 12.1 Å². The number of aromatic hydroxyl groups is 1. The molecular weight excluding hydrogens is 212 g/mol. The van der Waals surface area contributed by atoms with E-state index in [1.54, 1.807) is 12.1 Å². The van der Waals surface area contributed by atoms with Gasteiger partial charge in [0.25, 0.3) is 5.91 Å². The van der Waals surface area contributed by atoms with Crippen molar-refractivity contribution in [2.75, 3.05) is 13.2 Å². The molecule has 1 aliphatic heterocycles. The molecule has 2 rings (SSSR count). The Morgan fingerprint density at radius 1 is 1.44 bits per heavy atom. The van der Waals surface area contributed by atoms with Gasteiger partial charge in [-0.05, 0) is 12.1 Å². The smallest absolute Gasteiger partial charge is 0.428 e. The summed E-state index contributed by atoms with van der Waals surface area (Å²) in [5.41, 5.74) is 2.46. The van der Waals surface area contributed by atoms with Crippen LogP contribution in [0.2, 0.25) is 0 Å². The van der Waals surface area contributed by atoms with E-state index in [-0.39, 0.29) is 17.9 Å². The summed E-state index contributed by atoms with van der Waals surface area (Å²) in [4.78, 5) is 22.7. The first-order chi connectivity index (χ1) is 7.68. The van der Waals surface area contributed by atoms with E-state index in [4.69, 9.17) is 0 Å². The molecule has 1 heterocycles. The van der Waals surface area contributed by atoms with Crippen molar-refractivity contribution in [3.63, 3.8) is 0 Å². The van der Waals surface area contributed by atoms with Gasteiger partial charge in [-0.3, -0.25) is 10.2 Å². The predicted molar refractivity (Wildman–Crippen MR) is 53.6 cm³/mol. The van der Waals surface area contributed by atoms with E-state index in [0.717, 1.165) is 5.01 Å². The molecule has 1 aromatic rings. The van der Waals surface area contributed by atoms with Crippen LogP contribution in [0.25, 0.3) is 0 Å². The highest BCUT2D eigenvalue weighted by Crippen LogP contribution is 2.15. The molecule has 0 aliphatic carbocycles. The molecule has 2 N–H and O–H groups in total. The topological polar surface area (TPSA) is 78.9 Å². The summed E-state index contributed by atoms with van der Waals surface area (Å²) in [6, 6.07) is 6.09. The van der Waals surface area contributed by atoms with Gasteiger partial charge in [-0.1, -0.05) is 12.1 Å². The second-order valence-electron chi connectivity index (χ2n) is 3.22. The molecule has 0 saturated carbocycles. The molecule has 2 amide bonds. The van der Waals surface area contributed by atoms with Gasteiger partial charge in [0.05, 0.1) is 12.1 Å². The summed E-state index contributed by atoms with van der Waals surface area (Å²) < 4.78 is 4.64. The summed E-state index contributed by atoms with van der Waals surface area (Å²) in [7, 11) is 0. The summed E-state index contributed by atoms with van der Waals surface area (Å²) in [6.45, 7) is 0.554. The second-order valence-corrected chi connectivity index (χ2v) is 3.22. The Balaban J connectivity index is 2.09. The number of cyclic esters (lactones) is 1. The van der Waals surface area contributed by atoms with Gasteiger partial charge >= 0.3 is 6.09 Å². The van der Waals surface area contributed by atoms with Gasteiger partial charge < -0.3 is 9.84 Å². The highest BCUT2D eigenvalue weighted by molar-refractivity contribution is 5.97. The first-order valence-electron chi connectivity index (χ1n) is 4.72. The molecule has 0 atom stereocenters. The number of carbonyl (C=O) groups is 2. The highest BCUT2D eigenvalue weighted by Gasteiger charge is 2.24. The number of benzene rings is 1. The summed E-state index contributed by atoms with van der Waals surface area (Å²) in [5, 5.41) is 10.5. The Bertz CT molecular complexity index is 433. The maximum absolute atomic E-state index is 11.6. The van der Waals surface area contributed by atoms with E-state index < -0.39 is 12.0 Å². The number of ether oxygens (including phenoxy) is 1. The minimum Gasteiger partial charge on any atom is -0.507 e. The lowest BCUT2D eigenvalue weighted by Crippen LogP contribution is -2.42. The third kappa shape index (κ3) is 1.90. The number of hydrogen-bond donors (Lipinski definition) is 2. The fourth-order valence-electron chi connectivity index (χ4n) is 1.34. The van der Waals surface area contributed by atoms with Gasteiger partial charge in [0.2, 0.25) is 0 Å². The molecule has 84 valence electrons. The van der Waals surface area contributed by atoms with E-state index in [2.05, 4.69) is 10.2 Å². The maximum Gasteiger partial charge on any atom is 0.428 e. The number of hydrogen-bond acceptors (Lipinski definition) is 4. The Kier molecular flexibility index (Phi) is 2.63. The molecule has 1 aliphatic rings. The van der Waals surface area contributed by atoms with Gasteiger partial charge in [-0.15, -0.1) is 0 Å². The van der Waals surface area contributed by atoms with Crippen molar-refractivity contribution >= 4 is 12.0 Å². The largest absolute Gasteiger partial charge is 0.507 e. The molecule has 0 spiro atoms. The molecular formula is C10H10N2O4. The number of amides is 2. The number of para-hydroxylation sites is 1. The van der Waals surface area contributed by atoms with Crippen LogP contribution < -0.4 is 5.43 Å². The Morgan fingerprint density at radius 3 is 2.81 bits per heavy atom. The summed E-state index contributed by atoms with van der Waals surface area (Å²) in [5.74, 6) is -0.676. The number of nitrogens with one attached hydrogen (secondary N) is 1. The SMILES string of the molecule is O=C(NN1CCOC1=O)c1ccccc1O. The lowest BCUT2D eigenvalue weighted by atomic mass is 10.2. The Morgan fingerprint density at radius 2 is 2.19 bits per heavy atom. The number of phenolic OH excluding ortho intramolecular Hbond substituents is 1. The molecule has 1 fully saturated rings. The van der Waals surface area contributed by atoms with Gasteiger partial charge in [0.15, 0.2) is 0 Å². The van der Waals surface area contributed by atoms with E-state index in [0.29, 0.717) is 6.54 Å². The van der Waals surface area contributed by atoms with Crippen LogP contribution in [0.15, 0.2) is 24.3 Å². The Labute approximate surface area is 91.4 Å². The minimum atomic E-state index is -0.594. The average Bonchev–Trinajstić information content (AvgIpc) is 2.65. The van der Waals surface area contributed by atoms with Crippen LogP contribution >= 0.6 is 0 Å². The highest BCUT2D eigenvalue weighted by atomic mass is 16.6. The van der Waals surface area contributed by atoms with Crippen molar-refractivity contribution in [2.45, 2.75) is 0 Å². The quantitative estimate of drug-likeness (QED) is 0.763. The van der Waals surface area contributed by atoms with Gasteiger partial charge in [-0.25, -0.2) is 9.80 Å².